The summed E-state index contributed by atoms with van der Waals surface area (Å²) >= 11 is 0. The molecular weight excluding hydrogens is 320 g/mol. The maximum Gasteiger partial charge on any atom is 0.184 e. The zero-order valence-electron chi connectivity index (χ0n) is 12.0. The highest BCUT2D eigenvalue weighted by molar-refractivity contribution is 5.10. The molecule has 2 saturated heterocycles. The van der Waals surface area contributed by atoms with Crippen LogP contribution in [0.2, 0.25) is 0 Å². The van der Waals surface area contributed by atoms with E-state index >= 15 is 0 Å². The van der Waals surface area contributed by atoms with E-state index in [1.165, 1.54) is 0 Å². The second kappa shape index (κ2) is 6.82. The Morgan fingerprint density at radius 2 is 1.48 bits per heavy atom. The summed E-state index contributed by atoms with van der Waals surface area (Å²) in [6.45, 7) is -1.74. The average Bonchev–Trinajstić information content (AvgIpc) is 2.80. The van der Waals surface area contributed by atoms with E-state index < -0.39 is 73.9 Å². The number of rotatable bonds is 4. The van der Waals surface area contributed by atoms with Crippen LogP contribution in [0.3, 0.4) is 0 Å². The third kappa shape index (κ3) is 2.88. The summed E-state index contributed by atoms with van der Waals surface area (Å²) in [7, 11) is 0. The molecule has 0 aliphatic carbocycles. The third-order valence-electron chi connectivity index (χ3n) is 4.44. The lowest BCUT2D eigenvalue weighted by Crippen LogP contribution is -2.67. The molecule has 10 atom stereocenters. The highest BCUT2D eigenvalue weighted by Crippen LogP contribution is 2.38. The first-order valence-corrected chi connectivity index (χ1v) is 7.02. The zero-order valence-corrected chi connectivity index (χ0v) is 12.0. The first-order chi connectivity index (χ1) is 10.7. The van der Waals surface area contributed by atoms with Gasteiger partial charge in [0.1, 0.15) is 54.4 Å². The van der Waals surface area contributed by atoms with Gasteiger partial charge in [0, 0.05) is 0 Å². The molecule has 2 rings (SSSR count). The lowest BCUT2D eigenvalue weighted by atomic mass is 9.82. The molecule has 0 amide bonds. The van der Waals surface area contributed by atoms with Crippen molar-refractivity contribution in [2.24, 2.45) is 0 Å². The molecule has 0 aromatic heterocycles. The standard InChI is InChI=1S/C12H22O11/c13-1-3-4(15)9(19)12(2-14,23-3)10(20)8-6(17)5(16)7(18)11(21)22-8/h3-11,13-21H,1-2H2/t3-,4-,5+,6+,7-,8+,9+,10?,11+,12-/m1/s1. The molecule has 11 heteroatoms. The molecule has 0 aromatic carbocycles. The second-order valence-corrected chi connectivity index (χ2v) is 5.80. The van der Waals surface area contributed by atoms with Crippen LogP contribution in [0.5, 0.6) is 0 Å². The molecule has 1 unspecified atom stereocenters. The van der Waals surface area contributed by atoms with E-state index in [0.717, 1.165) is 0 Å². The van der Waals surface area contributed by atoms with Crippen molar-refractivity contribution in [1.82, 2.24) is 0 Å². The Kier molecular flexibility index (Phi) is 5.60. The van der Waals surface area contributed by atoms with Gasteiger partial charge in [-0.15, -0.1) is 0 Å². The lowest BCUT2D eigenvalue weighted by Gasteiger charge is -2.45. The summed E-state index contributed by atoms with van der Waals surface area (Å²) in [4.78, 5) is 0. The molecule has 2 aliphatic rings. The van der Waals surface area contributed by atoms with E-state index in [4.69, 9.17) is 14.6 Å². The van der Waals surface area contributed by atoms with E-state index in [1.54, 1.807) is 0 Å². The monoisotopic (exact) mass is 342 g/mol. The highest BCUT2D eigenvalue weighted by Gasteiger charge is 2.62. The van der Waals surface area contributed by atoms with Gasteiger partial charge in [-0.1, -0.05) is 0 Å². The van der Waals surface area contributed by atoms with Crippen LogP contribution in [-0.2, 0) is 9.47 Å². The molecule has 0 saturated carbocycles. The van der Waals surface area contributed by atoms with E-state index in [1.807, 2.05) is 0 Å². The van der Waals surface area contributed by atoms with Gasteiger partial charge in [-0.2, -0.15) is 0 Å². The van der Waals surface area contributed by atoms with Gasteiger partial charge in [0.25, 0.3) is 0 Å². The minimum absolute atomic E-state index is 0.718. The Hall–Kier alpha value is -0.440. The SMILES string of the molecule is OC[C@H]1O[C@@](CO)(C(O)[C@H]2O[C@H](O)[C@H](O)[C@@H](O)[C@@H]2O)[C@@H](O)[C@@H]1O. The van der Waals surface area contributed by atoms with Crippen molar-refractivity contribution in [3.63, 3.8) is 0 Å². The molecule has 0 radical (unpaired) electrons. The minimum atomic E-state index is -2.24. The molecule has 2 fully saturated rings. The van der Waals surface area contributed by atoms with Gasteiger partial charge in [-0.3, -0.25) is 0 Å². The molecule has 2 aliphatic heterocycles. The molecule has 136 valence electrons. The van der Waals surface area contributed by atoms with Gasteiger partial charge in [0.15, 0.2) is 6.29 Å². The van der Waals surface area contributed by atoms with Crippen molar-refractivity contribution in [1.29, 1.82) is 0 Å². The van der Waals surface area contributed by atoms with Crippen molar-refractivity contribution in [3.05, 3.63) is 0 Å². The largest absolute Gasteiger partial charge is 0.394 e. The first kappa shape index (κ1) is 18.9. The van der Waals surface area contributed by atoms with Gasteiger partial charge in [0.05, 0.1) is 13.2 Å². The lowest BCUT2D eigenvalue weighted by molar-refractivity contribution is -0.317. The minimum Gasteiger partial charge on any atom is -0.394 e. The van der Waals surface area contributed by atoms with Gasteiger partial charge in [-0.25, -0.2) is 0 Å². The Morgan fingerprint density at radius 3 is 1.96 bits per heavy atom. The maximum absolute atomic E-state index is 10.4. The van der Waals surface area contributed by atoms with Crippen LogP contribution >= 0.6 is 0 Å². The van der Waals surface area contributed by atoms with E-state index in [0.29, 0.717) is 0 Å². The predicted octanol–water partition coefficient (Wildman–Crippen LogP) is -6.01. The number of aliphatic hydroxyl groups excluding tert-OH is 9. The molecule has 0 aromatic rings. The molecule has 9 N–H and O–H groups in total. The fraction of sp³-hybridized carbons (Fsp3) is 1.00. The Morgan fingerprint density at radius 1 is 0.870 bits per heavy atom. The number of ether oxygens (including phenoxy) is 2. The van der Waals surface area contributed by atoms with Crippen LogP contribution in [0.25, 0.3) is 0 Å². The fourth-order valence-electron chi connectivity index (χ4n) is 2.95. The molecule has 11 nitrogen and oxygen atoms in total. The number of hydrogen-bond donors (Lipinski definition) is 9. The van der Waals surface area contributed by atoms with Crippen molar-refractivity contribution in [2.75, 3.05) is 13.2 Å². The van der Waals surface area contributed by atoms with Crippen LogP contribution in [0.1, 0.15) is 0 Å². The van der Waals surface area contributed by atoms with E-state index in [9.17, 15) is 40.9 Å². The third-order valence-corrected chi connectivity index (χ3v) is 4.44. The normalized spacial score (nSPS) is 52.6. The van der Waals surface area contributed by atoms with Crippen LogP contribution in [-0.4, -0.2) is 120 Å². The Balaban J connectivity index is 2.28. The van der Waals surface area contributed by atoms with Gasteiger partial charge < -0.3 is 55.4 Å². The second-order valence-electron chi connectivity index (χ2n) is 5.80. The molecule has 23 heavy (non-hydrogen) atoms. The van der Waals surface area contributed by atoms with Gasteiger partial charge in [-0.05, 0) is 0 Å². The Labute approximate surface area is 130 Å². The van der Waals surface area contributed by atoms with Crippen molar-refractivity contribution in [2.45, 2.75) is 60.7 Å². The molecular formula is C12H22O11. The van der Waals surface area contributed by atoms with Crippen LogP contribution in [0.15, 0.2) is 0 Å². The average molecular weight is 342 g/mol. The summed E-state index contributed by atoms with van der Waals surface area (Å²) in [6, 6.07) is 0. The quantitative estimate of drug-likeness (QED) is 0.235. The van der Waals surface area contributed by atoms with E-state index in [-0.39, 0.29) is 0 Å². The highest BCUT2D eigenvalue weighted by atomic mass is 16.6. The zero-order chi connectivity index (χ0) is 17.5. The summed E-state index contributed by atoms with van der Waals surface area (Å²) < 4.78 is 10.00. The van der Waals surface area contributed by atoms with Crippen LogP contribution in [0, 0.1) is 0 Å². The van der Waals surface area contributed by atoms with Crippen LogP contribution < -0.4 is 0 Å². The maximum atomic E-state index is 10.4. The summed E-state index contributed by atoms with van der Waals surface area (Å²) in [5.74, 6) is 0. The molecule has 2 heterocycles. The smallest absolute Gasteiger partial charge is 0.184 e. The number of aliphatic hydroxyl groups is 9. The fourth-order valence-corrected chi connectivity index (χ4v) is 2.95. The van der Waals surface area contributed by atoms with Gasteiger partial charge in [0.2, 0.25) is 0 Å². The van der Waals surface area contributed by atoms with Crippen LogP contribution in [0.4, 0.5) is 0 Å². The summed E-state index contributed by atoms with van der Waals surface area (Å²) in [5.41, 5.74) is -2.24. The molecule has 0 spiro atoms. The van der Waals surface area contributed by atoms with E-state index in [2.05, 4.69) is 0 Å². The van der Waals surface area contributed by atoms with Gasteiger partial charge >= 0.3 is 0 Å². The topological polar surface area (TPSA) is 201 Å². The molecule has 0 bridgehead atoms. The number of hydrogen-bond acceptors (Lipinski definition) is 11. The summed E-state index contributed by atoms with van der Waals surface area (Å²) in [6.07, 6.45) is -16.1. The first-order valence-electron chi connectivity index (χ1n) is 7.02. The van der Waals surface area contributed by atoms with Crippen molar-refractivity contribution in [3.8, 4) is 0 Å². The Bertz CT molecular complexity index is 408. The van der Waals surface area contributed by atoms with Crippen molar-refractivity contribution >= 4 is 0 Å². The summed E-state index contributed by atoms with van der Waals surface area (Å²) in [5, 5.41) is 87.3. The predicted molar refractivity (Wildman–Crippen MR) is 68.7 cm³/mol. The van der Waals surface area contributed by atoms with Crippen molar-refractivity contribution < 1.29 is 55.4 Å².